The highest BCUT2D eigenvalue weighted by Crippen LogP contribution is 2.35. The van der Waals surface area contributed by atoms with Crippen LogP contribution in [0.1, 0.15) is 44.7 Å². The quantitative estimate of drug-likeness (QED) is 0.365. The van der Waals surface area contributed by atoms with E-state index in [4.69, 9.17) is 14.5 Å². The molecule has 1 heterocycles. The van der Waals surface area contributed by atoms with Gasteiger partial charge in [-0.2, -0.15) is 0 Å². The molecule has 0 saturated carbocycles. The highest BCUT2D eigenvalue weighted by atomic mass is 16.5. The molecule has 6 heteroatoms. The fourth-order valence-corrected chi connectivity index (χ4v) is 3.85. The number of hydrogen-bond donors (Lipinski definition) is 2. The highest BCUT2D eigenvalue weighted by Gasteiger charge is 2.30. The number of ether oxygens (including phenoxy) is 2. The first-order valence-electron chi connectivity index (χ1n) is 10.6. The van der Waals surface area contributed by atoms with Crippen molar-refractivity contribution in [3.05, 3.63) is 29.8 Å². The number of piperidine rings is 1. The standard InChI is InChI=1S/C22H38N4O2/c1-5-23-22(24-14-8-16-28-6-2)25-17-19-9-7-15-26(3)21(19)18-10-12-20(27-4)13-11-18/h10-13,19,21H,5-9,14-17H2,1-4H3,(H2,23,24,25). The van der Waals surface area contributed by atoms with Gasteiger partial charge in [0, 0.05) is 38.9 Å². The van der Waals surface area contributed by atoms with E-state index in [2.05, 4.69) is 53.8 Å². The first-order valence-corrected chi connectivity index (χ1v) is 10.6. The second-order valence-corrected chi connectivity index (χ2v) is 7.30. The van der Waals surface area contributed by atoms with Crippen molar-refractivity contribution in [3.63, 3.8) is 0 Å². The predicted molar refractivity (Wildman–Crippen MR) is 116 cm³/mol. The van der Waals surface area contributed by atoms with Gasteiger partial charge < -0.3 is 20.1 Å². The van der Waals surface area contributed by atoms with Gasteiger partial charge in [0.05, 0.1) is 7.11 Å². The molecule has 0 aliphatic carbocycles. The van der Waals surface area contributed by atoms with Gasteiger partial charge in [0.25, 0.3) is 0 Å². The Labute approximate surface area is 170 Å². The van der Waals surface area contributed by atoms with E-state index in [1.54, 1.807) is 7.11 Å². The van der Waals surface area contributed by atoms with Crippen molar-refractivity contribution in [2.75, 3.05) is 53.6 Å². The molecule has 1 aliphatic heterocycles. The maximum absolute atomic E-state index is 5.41. The van der Waals surface area contributed by atoms with Crippen LogP contribution in [0.5, 0.6) is 5.75 Å². The van der Waals surface area contributed by atoms with Crippen LogP contribution >= 0.6 is 0 Å². The molecule has 28 heavy (non-hydrogen) atoms. The largest absolute Gasteiger partial charge is 0.497 e. The van der Waals surface area contributed by atoms with E-state index in [0.717, 1.165) is 57.5 Å². The number of nitrogens with one attached hydrogen (secondary N) is 2. The minimum Gasteiger partial charge on any atom is -0.497 e. The zero-order valence-electron chi connectivity index (χ0n) is 18.0. The summed E-state index contributed by atoms with van der Waals surface area (Å²) in [5.74, 6) is 2.31. The van der Waals surface area contributed by atoms with Crippen LogP contribution < -0.4 is 15.4 Å². The van der Waals surface area contributed by atoms with E-state index in [-0.39, 0.29) is 0 Å². The number of likely N-dealkylation sites (tertiary alicyclic amines) is 1. The van der Waals surface area contributed by atoms with Crippen LogP contribution in [0.3, 0.4) is 0 Å². The summed E-state index contributed by atoms with van der Waals surface area (Å²) in [6, 6.07) is 8.90. The SMILES string of the molecule is CCNC(=NCC1CCCN(C)C1c1ccc(OC)cc1)NCCCOCC. The third-order valence-corrected chi connectivity index (χ3v) is 5.25. The lowest BCUT2D eigenvalue weighted by Crippen LogP contribution is -2.40. The Morgan fingerprint density at radius 3 is 2.68 bits per heavy atom. The Balaban J connectivity index is 2.00. The average molecular weight is 391 g/mol. The van der Waals surface area contributed by atoms with Crippen molar-refractivity contribution in [3.8, 4) is 5.75 Å². The van der Waals surface area contributed by atoms with Gasteiger partial charge in [-0.05, 0) is 70.3 Å². The predicted octanol–water partition coefficient (Wildman–Crippen LogP) is 3.06. The molecule has 0 spiro atoms. The van der Waals surface area contributed by atoms with Crippen LogP contribution in [-0.2, 0) is 4.74 Å². The summed E-state index contributed by atoms with van der Waals surface area (Å²) < 4.78 is 10.7. The lowest BCUT2D eigenvalue weighted by Gasteiger charge is -2.39. The van der Waals surface area contributed by atoms with E-state index in [1.807, 2.05) is 6.92 Å². The number of hydrogen-bond acceptors (Lipinski definition) is 4. The van der Waals surface area contributed by atoms with Crippen molar-refractivity contribution in [1.82, 2.24) is 15.5 Å². The Morgan fingerprint density at radius 1 is 1.21 bits per heavy atom. The topological polar surface area (TPSA) is 58.1 Å². The third-order valence-electron chi connectivity index (χ3n) is 5.25. The number of nitrogens with zero attached hydrogens (tertiary/aromatic N) is 2. The Morgan fingerprint density at radius 2 is 2.00 bits per heavy atom. The number of guanidine groups is 1. The van der Waals surface area contributed by atoms with Gasteiger partial charge >= 0.3 is 0 Å². The van der Waals surface area contributed by atoms with E-state index in [0.29, 0.717) is 12.0 Å². The summed E-state index contributed by atoms with van der Waals surface area (Å²) in [6.45, 7) is 9.38. The number of aliphatic imine (C=N–C) groups is 1. The molecular formula is C22H38N4O2. The highest BCUT2D eigenvalue weighted by molar-refractivity contribution is 5.79. The molecule has 6 nitrogen and oxygen atoms in total. The number of methoxy groups -OCH3 is 1. The van der Waals surface area contributed by atoms with Crippen LogP contribution in [0.2, 0.25) is 0 Å². The molecule has 2 unspecified atom stereocenters. The van der Waals surface area contributed by atoms with Gasteiger partial charge in [-0.1, -0.05) is 12.1 Å². The van der Waals surface area contributed by atoms with Crippen LogP contribution in [0, 0.1) is 5.92 Å². The third kappa shape index (κ3) is 6.99. The lowest BCUT2D eigenvalue weighted by molar-refractivity contribution is 0.125. The lowest BCUT2D eigenvalue weighted by atomic mass is 9.85. The van der Waals surface area contributed by atoms with Crippen LogP contribution in [-0.4, -0.2) is 64.4 Å². The van der Waals surface area contributed by atoms with Crippen LogP contribution in [0.4, 0.5) is 0 Å². The molecule has 1 aliphatic rings. The minimum absolute atomic E-state index is 0.393. The van der Waals surface area contributed by atoms with E-state index >= 15 is 0 Å². The van der Waals surface area contributed by atoms with E-state index in [9.17, 15) is 0 Å². The van der Waals surface area contributed by atoms with E-state index < -0.39 is 0 Å². The minimum atomic E-state index is 0.393. The van der Waals surface area contributed by atoms with Crippen molar-refractivity contribution >= 4 is 5.96 Å². The van der Waals surface area contributed by atoms with Crippen molar-refractivity contribution in [1.29, 1.82) is 0 Å². The number of rotatable bonds is 10. The van der Waals surface area contributed by atoms with Crippen LogP contribution in [0.15, 0.2) is 29.3 Å². The maximum Gasteiger partial charge on any atom is 0.191 e. The molecule has 1 fully saturated rings. The summed E-state index contributed by atoms with van der Waals surface area (Å²) in [6.07, 6.45) is 3.41. The normalized spacial score (nSPS) is 20.8. The van der Waals surface area contributed by atoms with E-state index in [1.165, 1.54) is 18.4 Å². The summed E-state index contributed by atoms with van der Waals surface area (Å²) >= 11 is 0. The Bertz CT molecular complexity index is 576. The molecule has 1 aromatic carbocycles. The molecule has 2 rings (SSSR count). The zero-order valence-corrected chi connectivity index (χ0v) is 18.0. The van der Waals surface area contributed by atoms with Gasteiger partial charge in [-0.15, -0.1) is 0 Å². The molecule has 0 radical (unpaired) electrons. The molecular weight excluding hydrogens is 352 g/mol. The van der Waals surface area contributed by atoms with Gasteiger partial charge in [0.2, 0.25) is 0 Å². The molecule has 158 valence electrons. The first-order chi connectivity index (χ1) is 13.7. The Hall–Kier alpha value is -1.79. The smallest absolute Gasteiger partial charge is 0.191 e. The van der Waals surface area contributed by atoms with Crippen molar-refractivity contribution in [2.24, 2.45) is 10.9 Å². The summed E-state index contributed by atoms with van der Waals surface area (Å²) in [7, 11) is 3.94. The molecule has 2 atom stereocenters. The summed E-state index contributed by atoms with van der Waals surface area (Å²) in [4.78, 5) is 7.37. The molecule has 0 bridgehead atoms. The number of benzene rings is 1. The monoisotopic (exact) mass is 390 g/mol. The second kappa shape index (κ2) is 12.6. The Kier molecular flexibility index (Phi) is 10.1. The average Bonchev–Trinajstić information content (AvgIpc) is 2.72. The molecule has 1 saturated heterocycles. The zero-order chi connectivity index (χ0) is 20.2. The van der Waals surface area contributed by atoms with Gasteiger partial charge in [0.1, 0.15) is 5.75 Å². The maximum atomic E-state index is 5.41. The summed E-state index contributed by atoms with van der Waals surface area (Å²) in [5.41, 5.74) is 1.35. The van der Waals surface area contributed by atoms with Crippen LogP contribution in [0.25, 0.3) is 0 Å². The first kappa shape index (κ1) is 22.5. The fourth-order valence-electron chi connectivity index (χ4n) is 3.85. The van der Waals surface area contributed by atoms with Crippen molar-refractivity contribution < 1.29 is 9.47 Å². The fraction of sp³-hybridized carbons (Fsp3) is 0.682. The molecule has 0 aromatic heterocycles. The molecule has 1 aromatic rings. The van der Waals surface area contributed by atoms with Gasteiger partial charge in [-0.3, -0.25) is 9.89 Å². The summed E-state index contributed by atoms with van der Waals surface area (Å²) in [5, 5.41) is 6.79. The van der Waals surface area contributed by atoms with Gasteiger partial charge in [0.15, 0.2) is 5.96 Å². The van der Waals surface area contributed by atoms with Gasteiger partial charge in [-0.25, -0.2) is 0 Å². The van der Waals surface area contributed by atoms with Crippen molar-refractivity contribution in [2.45, 2.75) is 39.2 Å². The molecule has 2 N–H and O–H groups in total. The molecule has 0 amide bonds. The second-order valence-electron chi connectivity index (χ2n) is 7.30.